The Balaban J connectivity index is 2.02. The number of hydrogen-bond acceptors (Lipinski definition) is 8. The Morgan fingerprint density at radius 2 is 1.95 bits per heavy atom. The molecule has 3 rings (SSSR count). The zero-order valence-corrected chi connectivity index (χ0v) is 11.7. The lowest BCUT2D eigenvalue weighted by Gasteiger charge is -2.28. The van der Waals surface area contributed by atoms with E-state index < -0.39 is 30.1 Å². The van der Waals surface area contributed by atoms with Crippen LogP contribution in [0, 0.1) is 0 Å². The molecule has 9 nitrogen and oxygen atoms in total. The first-order valence-corrected chi connectivity index (χ1v) is 6.54. The van der Waals surface area contributed by atoms with E-state index in [0.29, 0.717) is 11.2 Å². The first-order chi connectivity index (χ1) is 9.80. The van der Waals surface area contributed by atoms with Gasteiger partial charge in [0.1, 0.15) is 30.2 Å². The van der Waals surface area contributed by atoms with Crippen LogP contribution in [0.15, 0.2) is 12.7 Å². The molecule has 114 valence electrons. The molecule has 3 heterocycles. The quantitative estimate of drug-likeness (QED) is 0.538. The number of aromatic nitrogens is 4. The van der Waals surface area contributed by atoms with Gasteiger partial charge in [-0.05, 0) is 13.8 Å². The Bertz CT molecular complexity index is 667. The number of imidazole rings is 1. The highest BCUT2D eigenvalue weighted by Gasteiger charge is 2.49. The number of fused-ring (bicyclic) bond motifs is 1. The van der Waals surface area contributed by atoms with Crippen LogP contribution >= 0.6 is 0 Å². The Morgan fingerprint density at radius 1 is 1.24 bits per heavy atom. The van der Waals surface area contributed by atoms with Gasteiger partial charge >= 0.3 is 0 Å². The Hall–Kier alpha value is -1.81. The van der Waals surface area contributed by atoms with E-state index in [1.54, 1.807) is 13.8 Å². The van der Waals surface area contributed by atoms with Crippen molar-refractivity contribution in [2.24, 2.45) is 5.73 Å². The highest BCUT2D eigenvalue weighted by atomic mass is 16.6. The van der Waals surface area contributed by atoms with E-state index in [1.807, 2.05) is 0 Å². The molecular formula is C12H18N6O3. The third kappa shape index (κ3) is 2.14. The summed E-state index contributed by atoms with van der Waals surface area (Å²) in [5, 5.41) is 20.4. The minimum Gasteiger partial charge on any atom is -0.387 e. The number of anilines is 1. The van der Waals surface area contributed by atoms with Crippen molar-refractivity contribution in [2.45, 2.75) is 43.9 Å². The number of aliphatic hydroxyl groups is 2. The monoisotopic (exact) mass is 294 g/mol. The predicted molar refractivity (Wildman–Crippen MR) is 73.9 cm³/mol. The van der Waals surface area contributed by atoms with Crippen molar-refractivity contribution in [2.75, 3.05) is 5.73 Å². The largest absolute Gasteiger partial charge is 0.387 e. The highest BCUT2D eigenvalue weighted by Crippen LogP contribution is 2.35. The van der Waals surface area contributed by atoms with Gasteiger partial charge in [0.05, 0.1) is 6.33 Å². The molecule has 4 unspecified atom stereocenters. The molecule has 0 bridgehead atoms. The van der Waals surface area contributed by atoms with E-state index in [0.717, 1.165) is 0 Å². The lowest BCUT2D eigenvalue weighted by molar-refractivity contribution is -0.0559. The average Bonchev–Trinajstić information content (AvgIpc) is 2.93. The first kappa shape index (κ1) is 14.1. The number of rotatable bonds is 2. The van der Waals surface area contributed by atoms with E-state index in [-0.39, 0.29) is 5.82 Å². The van der Waals surface area contributed by atoms with Gasteiger partial charge in [-0.3, -0.25) is 4.57 Å². The van der Waals surface area contributed by atoms with Crippen LogP contribution in [0.2, 0.25) is 0 Å². The minimum atomic E-state index is -1.15. The van der Waals surface area contributed by atoms with Gasteiger partial charge in [0.15, 0.2) is 17.7 Å². The van der Waals surface area contributed by atoms with Crippen molar-refractivity contribution in [3.05, 3.63) is 12.7 Å². The second kappa shape index (κ2) is 4.60. The molecule has 4 atom stereocenters. The predicted octanol–water partition coefficient (Wildman–Crippen LogP) is -1.23. The maximum atomic E-state index is 10.2. The number of aliphatic hydroxyl groups excluding tert-OH is 2. The number of ether oxygens (including phenoxy) is 1. The van der Waals surface area contributed by atoms with Crippen molar-refractivity contribution < 1.29 is 14.9 Å². The van der Waals surface area contributed by atoms with Gasteiger partial charge in [-0.25, -0.2) is 15.0 Å². The Kier molecular flexibility index (Phi) is 3.10. The van der Waals surface area contributed by atoms with E-state index in [2.05, 4.69) is 15.0 Å². The topological polar surface area (TPSA) is 145 Å². The van der Waals surface area contributed by atoms with Gasteiger partial charge < -0.3 is 26.4 Å². The van der Waals surface area contributed by atoms with Gasteiger partial charge in [-0.15, -0.1) is 0 Å². The summed E-state index contributed by atoms with van der Waals surface area (Å²) in [5.74, 6) is 0.238. The average molecular weight is 294 g/mol. The molecule has 1 aliphatic rings. The normalized spacial score (nSPS) is 30.1. The van der Waals surface area contributed by atoms with E-state index in [1.165, 1.54) is 17.2 Å². The van der Waals surface area contributed by atoms with Crippen molar-refractivity contribution >= 4 is 17.0 Å². The first-order valence-electron chi connectivity index (χ1n) is 6.54. The molecule has 21 heavy (non-hydrogen) atoms. The molecule has 6 N–H and O–H groups in total. The molecule has 2 aromatic rings. The lowest BCUT2D eigenvalue weighted by atomic mass is 9.93. The van der Waals surface area contributed by atoms with Crippen LogP contribution in [0.5, 0.6) is 0 Å². The summed E-state index contributed by atoms with van der Waals surface area (Å²) in [6.45, 7) is 3.45. The Morgan fingerprint density at radius 3 is 2.57 bits per heavy atom. The number of nitrogens with two attached hydrogens (primary N) is 2. The molecule has 0 saturated carbocycles. The molecule has 0 radical (unpaired) electrons. The van der Waals surface area contributed by atoms with Crippen LogP contribution in [-0.4, -0.2) is 53.6 Å². The van der Waals surface area contributed by atoms with Crippen LogP contribution < -0.4 is 11.5 Å². The fourth-order valence-electron chi connectivity index (χ4n) is 2.56. The summed E-state index contributed by atoms with van der Waals surface area (Å²) in [7, 11) is 0. The smallest absolute Gasteiger partial charge is 0.167 e. The van der Waals surface area contributed by atoms with Gasteiger partial charge in [-0.1, -0.05) is 0 Å². The second-order valence-corrected chi connectivity index (χ2v) is 5.83. The minimum absolute atomic E-state index is 0.238. The third-order valence-electron chi connectivity index (χ3n) is 3.63. The maximum Gasteiger partial charge on any atom is 0.167 e. The molecule has 1 fully saturated rings. The van der Waals surface area contributed by atoms with Gasteiger partial charge in [0.25, 0.3) is 0 Å². The standard InChI is InChI=1S/C12H18N6O3/c1-12(2,14)8-6(19)7(20)11(21-8)18-4-17-5-9(13)15-3-16-10(5)18/h3-4,6-8,11,19-20H,14H2,1-2H3,(H2,13,15,16). The molecule has 1 saturated heterocycles. The van der Waals surface area contributed by atoms with Crippen LogP contribution in [0.4, 0.5) is 5.82 Å². The van der Waals surface area contributed by atoms with E-state index in [9.17, 15) is 10.2 Å². The molecule has 2 aromatic heterocycles. The van der Waals surface area contributed by atoms with Crippen molar-refractivity contribution in [3.63, 3.8) is 0 Å². The summed E-state index contributed by atoms with van der Waals surface area (Å²) >= 11 is 0. The van der Waals surface area contributed by atoms with E-state index in [4.69, 9.17) is 16.2 Å². The van der Waals surface area contributed by atoms with Crippen molar-refractivity contribution in [1.29, 1.82) is 0 Å². The van der Waals surface area contributed by atoms with Gasteiger partial charge in [0, 0.05) is 5.54 Å². The zero-order valence-electron chi connectivity index (χ0n) is 11.7. The number of hydrogen-bond donors (Lipinski definition) is 4. The van der Waals surface area contributed by atoms with Gasteiger partial charge in [-0.2, -0.15) is 0 Å². The number of nitrogens with zero attached hydrogens (tertiary/aromatic N) is 4. The second-order valence-electron chi connectivity index (χ2n) is 5.83. The van der Waals surface area contributed by atoms with Crippen LogP contribution in [0.3, 0.4) is 0 Å². The van der Waals surface area contributed by atoms with Crippen LogP contribution in [0.25, 0.3) is 11.2 Å². The van der Waals surface area contributed by atoms with Gasteiger partial charge in [0.2, 0.25) is 0 Å². The van der Waals surface area contributed by atoms with Crippen LogP contribution in [0.1, 0.15) is 20.1 Å². The maximum absolute atomic E-state index is 10.2. The Labute approximate surface area is 120 Å². The fourth-order valence-corrected chi connectivity index (χ4v) is 2.56. The highest BCUT2D eigenvalue weighted by molar-refractivity contribution is 5.81. The third-order valence-corrected chi connectivity index (χ3v) is 3.63. The summed E-state index contributed by atoms with van der Waals surface area (Å²) in [4.78, 5) is 12.1. The summed E-state index contributed by atoms with van der Waals surface area (Å²) < 4.78 is 7.26. The summed E-state index contributed by atoms with van der Waals surface area (Å²) in [6, 6.07) is 0. The molecular weight excluding hydrogens is 276 g/mol. The van der Waals surface area contributed by atoms with Crippen molar-refractivity contribution in [1.82, 2.24) is 19.5 Å². The molecule has 0 spiro atoms. The lowest BCUT2D eigenvalue weighted by Crippen LogP contribution is -2.51. The number of nitrogen functional groups attached to an aromatic ring is 1. The molecule has 9 heteroatoms. The van der Waals surface area contributed by atoms with Crippen LogP contribution in [-0.2, 0) is 4.74 Å². The van der Waals surface area contributed by atoms with E-state index >= 15 is 0 Å². The zero-order chi connectivity index (χ0) is 15.4. The summed E-state index contributed by atoms with van der Waals surface area (Å²) in [5.41, 5.74) is 11.7. The van der Waals surface area contributed by atoms with Crippen molar-refractivity contribution in [3.8, 4) is 0 Å². The molecule has 0 aliphatic carbocycles. The molecule has 1 aliphatic heterocycles. The molecule has 0 aromatic carbocycles. The fraction of sp³-hybridized carbons (Fsp3) is 0.583. The molecule has 0 amide bonds. The summed E-state index contributed by atoms with van der Waals surface area (Å²) in [6.07, 6.45) is -1.06. The SMILES string of the molecule is CC(C)(N)C1OC(n2cnc3c(N)ncnc32)C(O)C1O.